The highest BCUT2D eigenvalue weighted by Crippen LogP contribution is 2.25. The lowest BCUT2D eigenvalue weighted by molar-refractivity contribution is -0.128. The van der Waals surface area contributed by atoms with Crippen LogP contribution >= 0.6 is 0 Å². The van der Waals surface area contributed by atoms with Crippen LogP contribution in [0.5, 0.6) is 5.75 Å². The van der Waals surface area contributed by atoms with E-state index in [0.29, 0.717) is 25.1 Å². The van der Waals surface area contributed by atoms with Crippen LogP contribution in [0.15, 0.2) is 48.5 Å². The van der Waals surface area contributed by atoms with E-state index in [-0.39, 0.29) is 36.1 Å². The van der Waals surface area contributed by atoms with Gasteiger partial charge in [0.2, 0.25) is 11.8 Å². The number of alkyl halides is 2. The Morgan fingerprint density at radius 2 is 1.82 bits per heavy atom. The lowest BCUT2D eigenvalue weighted by Gasteiger charge is -2.32. The molecule has 1 atom stereocenters. The first-order valence-corrected chi connectivity index (χ1v) is 10.7. The van der Waals surface area contributed by atoms with E-state index in [1.165, 1.54) is 28.0 Å². The van der Waals surface area contributed by atoms with E-state index in [4.69, 9.17) is 0 Å². The smallest absolute Gasteiger partial charge is 0.387 e. The van der Waals surface area contributed by atoms with Gasteiger partial charge in [0.15, 0.2) is 0 Å². The molecular weight excluding hydrogens is 432 g/mol. The largest absolute Gasteiger partial charge is 0.434 e. The standard InChI is InChI=1S/C24H27F2N3O4/c1-28(2)21(30)14-16-9-11-18(12-10-16)27-22(31)17-6-5-13-29(15-17)23(32)19-7-3-4-8-20(19)33-24(25)26/h3-4,7-12,17,24H,5-6,13-15H2,1-2H3,(H,27,31). The normalized spacial score (nSPS) is 15.8. The van der Waals surface area contributed by atoms with E-state index in [1.807, 2.05) is 0 Å². The molecule has 1 saturated heterocycles. The number of benzene rings is 2. The highest BCUT2D eigenvalue weighted by molar-refractivity contribution is 5.98. The fourth-order valence-corrected chi connectivity index (χ4v) is 3.67. The maximum atomic E-state index is 12.9. The van der Waals surface area contributed by atoms with Crippen LogP contribution in [0, 0.1) is 5.92 Å². The van der Waals surface area contributed by atoms with Crippen LogP contribution in [-0.4, -0.2) is 61.3 Å². The third-order valence-corrected chi connectivity index (χ3v) is 5.49. The van der Waals surface area contributed by atoms with Crippen LogP contribution in [0.2, 0.25) is 0 Å². The molecule has 0 saturated carbocycles. The zero-order valence-corrected chi connectivity index (χ0v) is 18.6. The van der Waals surface area contributed by atoms with Gasteiger partial charge in [-0.3, -0.25) is 14.4 Å². The molecule has 1 unspecified atom stereocenters. The summed E-state index contributed by atoms with van der Waals surface area (Å²) in [6, 6.07) is 12.9. The summed E-state index contributed by atoms with van der Waals surface area (Å²) in [6.45, 7) is -2.42. The maximum absolute atomic E-state index is 12.9. The van der Waals surface area contributed by atoms with Crippen LogP contribution in [0.1, 0.15) is 28.8 Å². The Bertz CT molecular complexity index is 995. The van der Waals surface area contributed by atoms with Gasteiger partial charge in [0.1, 0.15) is 5.75 Å². The predicted octanol–water partition coefficient (Wildman–Crippen LogP) is 3.41. The summed E-state index contributed by atoms with van der Waals surface area (Å²) in [4.78, 5) is 40.6. The van der Waals surface area contributed by atoms with Crippen LogP contribution in [-0.2, 0) is 16.0 Å². The van der Waals surface area contributed by atoms with Gasteiger partial charge in [-0.05, 0) is 42.7 Å². The molecule has 9 heteroatoms. The van der Waals surface area contributed by atoms with Gasteiger partial charge in [0, 0.05) is 32.9 Å². The van der Waals surface area contributed by atoms with Crippen LogP contribution < -0.4 is 10.1 Å². The molecule has 3 amide bonds. The van der Waals surface area contributed by atoms with Crippen molar-refractivity contribution in [3.05, 3.63) is 59.7 Å². The van der Waals surface area contributed by atoms with Crippen molar-refractivity contribution < 1.29 is 27.9 Å². The van der Waals surface area contributed by atoms with Crippen molar-refractivity contribution in [1.29, 1.82) is 0 Å². The fraction of sp³-hybridized carbons (Fsp3) is 0.375. The third kappa shape index (κ3) is 6.50. The van der Waals surface area contributed by atoms with Gasteiger partial charge in [-0.15, -0.1) is 0 Å². The van der Waals surface area contributed by atoms with Crippen molar-refractivity contribution in [3.63, 3.8) is 0 Å². The van der Waals surface area contributed by atoms with Crippen molar-refractivity contribution in [2.45, 2.75) is 25.9 Å². The number of ether oxygens (including phenoxy) is 1. The summed E-state index contributed by atoms with van der Waals surface area (Å²) in [7, 11) is 3.39. The average molecular weight is 459 g/mol. The molecule has 0 radical (unpaired) electrons. The second-order valence-electron chi connectivity index (χ2n) is 8.12. The lowest BCUT2D eigenvalue weighted by Crippen LogP contribution is -2.43. The van der Waals surface area contributed by atoms with E-state index in [0.717, 1.165) is 5.56 Å². The van der Waals surface area contributed by atoms with Crippen LogP contribution in [0.3, 0.4) is 0 Å². The number of carbonyl (C=O) groups excluding carboxylic acids is 3. The van der Waals surface area contributed by atoms with Gasteiger partial charge in [-0.1, -0.05) is 24.3 Å². The van der Waals surface area contributed by atoms with Crippen molar-refractivity contribution in [1.82, 2.24) is 9.80 Å². The van der Waals surface area contributed by atoms with Crippen molar-refractivity contribution in [2.75, 3.05) is 32.5 Å². The Morgan fingerprint density at radius 1 is 1.12 bits per heavy atom. The lowest BCUT2D eigenvalue weighted by atomic mass is 9.96. The number of piperidine rings is 1. The molecule has 1 aliphatic rings. The third-order valence-electron chi connectivity index (χ3n) is 5.49. The Balaban J connectivity index is 1.62. The Kier molecular flexibility index (Phi) is 7.97. The molecule has 7 nitrogen and oxygen atoms in total. The molecular formula is C24H27F2N3O4. The molecule has 1 N–H and O–H groups in total. The topological polar surface area (TPSA) is 79.0 Å². The highest BCUT2D eigenvalue weighted by atomic mass is 19.3. The summed E-state index contributed by atoms with van der Waals surface area (Å²) in [5, 5.41) is 2.86. The summed E-state index contributed by atoms with van der Waals surface area (Å²) in [6.07, 6.45) is 1.51. The van der Waals surface area contributed by atoms with Gasteiger partial charge < -0.3 is 19.9 Å². The van der Waals surface area contributed by atoms with Crippen molar-refractivity contribution >= 4 is 23.4 Å². The van der Waals surface area contributed by atoms with Crippen molar-refractivity contribution in [2.24, 2.45) is 5.92 Å². The molecule has 176 valence electrons. The summed E-state index contributed by atoms with van der Waals surface area (Å²) < 4.78 is 29.8. The summed E-state index contributed by atoms with van der Waals surface area (Å²) >= 11 is 0. The van der Waals surface area contributed by atoms with E-state index >= 15 is 0 Å². The SMILES string of the molecule is CN(C)C(=O)Cc1ccc(NC(=O)C2CCCN(C(=O)c3ccccc3OC(F)F)C2)cc1. The van der Waals surface area contributed by atoms with Gasteiger partial charge in [0.25, 0.3) is 5.91 Å². The van der Waals surface area contributed by atoms with E-state index < -0.39 is 18.4 Å². The first kappa shape index (κ1) is 24.2. The second kappa shape index (κ2) is 10.9. The molecule has 2 aromatic rings. The Hall–Kier alpha value is -3.49. The minimum absolute atomic E-state index is 0.0146. The quantitative estimate of drug-likeness (QED) is 0.688. The number of carbonyl (C=O) groups is 3. The van der Waals surface area contributed by atoms with E-state index in [1.54, 1.807) is 44.4 Å². The summed E-state index contributed by atoms with van der Waals surface area (Å²) in [5.41, 5.74) is 1.48. The first-order valence-electron chi connectivity index (χ1n) is 10.7. The summed E-state index contributed by atoms with van der Waals surface area (Å²) in [5.74, 6) is -1.29. The zero-order chi connectivity index (χ0) is 24.0. The molecule has 0 spiro atoms. The van der Waals surface area contributed by atoms with Gasteiger partial charge in [0.05, 0.1) is 17.9 Å². The van der Waals surface area contributed by atoms with Gasteiger partial charge in [-0.2, -0.15) is 8.78 Å². The minimum Gasteiger partial charge on any atom is -0.434 e. The van der Waals surface area contributed by atoms with E-state index in [2.05, 4.69) is 10.1 Å². The molecule has 1 aliphatic heterocycles. The number of hydrogen-bond donors (Lipinski definition) is 1. The minimum atomic E-state index is -3.04. The number of likely N-dealkylation sites (tertiary alicyclic amines) is 1. The highest BCUT2D eigenvalue weighted by Gasteiger charge is 2.30. The second-order valence-corrected chi connectivity index (χ2v) is 8.12. The van der Waals surface area contributed by atoms with Gasteiger partial charge in [-0.25, -0.2) is 0 Å². The first-order chi connectivity index (χ1) is 15.7. The molecule has 3 rings (SSSR count). The van der Waals surface area contributed by atoms with E-state index in [9.17, 15) is 23.2 Å². The monoisotopic (exact) mass is 459 g/mol. The number of rotatable bonds is 7. The number of halogens is 2. The average Bonchev–Trinajstić information content (AvgIpc) is 2.80. The number of nitrogens with zero attached hydrogens (tertiary/aromatic N) is 2. The zero-order valence-electron chi connectivity index (χ0n) is 18.6. The fourth-order valence-electron chi connectivity index (χ4n) is 3.67. The maximum Gasteiger partial charge on any atom is 0.387 e. The Labute approximate surface area is 191 Å². The molecule has 2 aromatic carbocycles. The molecule has 1 fully saturated rings. The number of hydrogen-bond acceptors (Lipinski definition) is 4. The number of para-hydroxylation sites is 1. The predicted molar refractivity (Wildman–Crippen MR) is 119 cm³/mol. The number of anilines is 1. The van der Waals surface area contributed by atoms with Crippen LogP contribution in [0.25, 0.3) is 0 Å². The molecule has 0 aromatic heterocycles. The van der Waals surface area contributed by atoms with Crippen LogP contribution in [0.4, 0.5) is 14.5 Å². The molecule has 0 aliphatic carbocycles. The van der Waals surface area contributed by atoms with Gasteiger partial charge >= 0.3 is 6.61 Å². The number of likely N-dealkylation sites (N-methyl/N-ethyl adjacent to an activating group) is 1. The Morgan fingerprint density at radius 3 is 2.48 bits per heavy atom. The molecule has 1 heterocycles. The number of nitrogens with one attached hydrogen (secondary N) is 1. The molecule has 33 heavy (non-hydrogen) atoms. The molecule has 0 bridgehead atoms. The van der Waals surface area contributed by atoms with Crippen molar-refractivity contribution in [3.8, 4) is 5.75 Å². The number of amides is 3.